The van der Waals surface area contributed by atoms with Crippen LogP contribution >= 0.6 is 0 Å². The van der Waals surface area contributed by atoms with Crippen molar-refractivity contribution in [2.24, 2.45) is 5.92 Å². The zero-order valence-corrected chi connectivity index (χ0v) is 19.5. The summed E-state index contributed by atoms with van der Waals surface area (Å²) in [5.41, 5.74) is 5.32. The molecule has 0 spiro atoms. The normalized spacial score (nSPS) is 19.1. The van der Waals surface area contributed by atoms with Crippen LogP contribution in [0.15, 0.2) is 42.6 Å². The van der Waals surface area contributed by atoms with E-state index in [9.17, 15) is 0 Å². The minimum Gasteiger partial charge on any atom is -0.260 e. The molecule has 1 aliphatic carbocycles. The Kier molecular flexibility index (Phi) is 9.93. The van der Waals surface area contributed by atoms with Gasteiger partial charge >= 0.3 is 0 Å². The average Bonchev–Trinajstić information content (AvgIpc) is 2.81. The molecular formula is C29H43N. The lowest BCUT2D eigenvalue weighted by atomic mass is 9.78. The molecular weight excluding hydrogens is 362 g/mol. The van der Waals surface area contributed by atoms with Crippen LogP contribution < -0.4 is 0 Å². The number of hydrogen-bond acceptors (Lipinski definition) is 1. The molecule has 1 nitrogen and oxygen atoms in total. The summed E-state index contributed by atoms with van der Waals surface area (Å²) in [6, 6.07) is 13.7. The number of aromatic nitrogens is 1. The Hall–Kier alpha value is -1.63. The summed E-state index contributed by atoms with van der Waals surface area (Å²) in [6.45, 7) is 4.57. The van der Waals surface area contributed by atoms with Gasteiger partial charge in [-0.25, -0.2) is 0 Å². The SMILES string of the molecule is CCCCCCc1ccc(-c2ccc(C3CCC(CCCCCC)CC3)nc2)cc1. The van der Waals surface area contributed by atoms with Gasteiger partial charge in [0.25, 0.3) is 0 Å². The average molecular weight is 406 g/mol. The van der Waals surface area contributed by atoms with Crippen molar-refractivity contribution in [3.63, 3.8) is 0 Å². The third-order valence-electron chi connectivity index (χ3n) is 7.12. The van der Waals surface area contributed by atoms with E-state index in [1.54, 1.807) is 0 Å². The molecule has 164 valence electrons. The fraction of sp³-hybridized carbons (Fsp3) is 0.621. The van der Waals surface area contributed by atoms with E-state index in [0.29, 0.717) is 5.92 Å². The maximum atomic E-state index is 4.88. The molecule has 30 heavy (non-hydrogen) atoms. The second-order valence-electron chi connectivity index (χ2n) is 9.55. The van der Waals surface area contributed by atoms with Crippen LogP contribution in [0.2, 0.25) is 0 Å². The molecule has 1 heteroatoms. The third kappa shape index (κ3) is 7.25. The molecule has 1 fully saturated rings. The van der Waals surface area contributed by atoms with E-state index >= 15 is 0 Å². The highest BCUT2D eigenvalue weighted by Crippen LogP contribution is 2.37. The van der Waals surface area contributed by atoms with Crippen molar-refractivity contribution in [3.8, 4) is 11.1 Å². The molecule has 1 aromatic heterocycles. The Labute approximate surface area is 185 Å². The summed E-state index contributed by atoms with van der Waals surface area (Å²) < 4.78 is 0. The smallest absolute Gasteiger partial charge is 0.0434 e. The number of pyridine rings is 1. The summed E-state index contributed by atoms with van der Waals surface area (Å²) in [5, 5.41) is 0. The molecule has 0 atom stereocenters. The van der Waals surface area contributed by atoms with Gasteiger partial charge < -0.3 is 0 Å². The number of benzene rings is 1. The first-order valence-electron chi connectivity index (χ1n) is 12.9. The van der Waals surface area contributed by atoms with E-state index in [4.69, 9.17) is 4.98 Å². The molecule has 0 radical (unpaired) electrons. The van der Waals surface area contributed by atoms with Crippen LogP contribution in [0.1, 0.15) is 114 Å². The molecule has 3 rings (SSSR count). The monoisotopic (exact) mass is 405 g/mol. The highest BCUT2D eigenvalue weighted by Gasteiger charge is 2.22. The molecule has 0 bridgehead atoms. The summed E-state index contributed by atoms with van der Waals surface area (Å²) in [4.78, 5) is 4.88. The van der Waals surface area contributed by atoms with Crippen LogP contribution in [0.3, 0.4) is 0 Å². The number of aryl methyl sites for hydroxylation is 1. The first-order valence-corrected chi connectivity index (χ1v) is 12.9. The number of hydrogen-bond donors (Lipinski definition) is 0. The molecule has 0 aliphatic heterocycles. The van der Waals surface area contributed by atoms with Crippen molar-refractivity contribution in [1.82, 2.24) is 4.98 Å². The predicted molar refractivity (Wildman–Crippen MR) is 131 cm³/mol. The highest BCUT2D eigenvalue weighted by atomic mass is 14.7. The second-order valence-corrected chi connectivity index (χ2v) is 9.55. The first-order chi connectivity index (χ1) is 14.8. The van der Waals surface area contributed by atoms with Gasteiger partial charge in [0.05, 0.1) is 0 Å². The summed E-state index contributed by atoms with van der Waals surface area (Å²) >= 11 is 0. The van der Waals surface area contributed by atoms with E-state index < -0.39 is 0 Å². The van der Waals surface area contributed by atoms with Crippen molar-refractivity contribution < 1.29 is 0 Å². The lowest BCUT2D eigenvalue weighted by Crippen LogP contribution is -2.14. The molecule has 1 saturated carbocycles. The van der Waals surface area contributed by atoms with Crippen LogP contribution in [-0.2, 0) is 6.42 Å². The summed E-state index contributed by atoms with van der Waals surface area (Å²) in [6.07, 6.45) is 21.2. The van der Waals surface area contributed by atoms with Crippen molar-refractivity contribution in [3.05, 3.63) is 53.9 Å². The maximum absolute atomic E-state index is 4.88. The number of nitrogens with zero attached hydrogens (tertiary/aromatic N) is 1. The van der Waals surface area contributed by atoms with Crippen molar-refractivity contribution in [2.45, 2.75) is 110 Å². The van der Waals surface area contributed by atoms with Crippen LogP contribution in [0.5, 0.6) is 0 Å². The van der Waals surface area contributed by atoms with Crippen LogP contribution in [0.4, 0.5) is 0 Å². The van der Waals surface area contributed by atoms with E-state index in [1.165, 1.54) is 112 Å². The minimum atomic E-state index is 0.677. The fourth-order valence-electron chi connectivity index (χ4n) is 5.04. The van der Waals surface area contributed by atoms with Gasteiger partial charge in [-0.15, -0.1) is 0 Å². The van der Waals surface area contributed by atoms with Gasteiger partial charge in [-0.1, -0.05) is 95.5 Å². The first kappa shape index (κ1) is 23.0. The number of unbranched alkanes of at least 4 members (excludes halogenated alkanes) is 6. The van der Waals surface area contributed by atoms with Gasteiger partial charge in [-0.05, 0) is 61.6 Å². The Morgan fingerprint density at radius 3 is 2.00 bits per heavy atom. The van der Waals surface area contributed by atoms with Gasteiger partial charge in [0.2, 0.25) is 0 Å². The third-order valence-corrected chi connectivity index (χ3v) is 7.12. The molecule has 2 aromatic rings. The van der Waals surface area contributed by atoms with Crippen molar-refractivity contribution in [1.29, 1.82) is 0 Å². The Bertz CT molecular complexity index is 692. The van der Waals surface area contributed by atoms with Crippen LogP contribution in [0, 0.1) is 5.92 Å². The minimum absolute atomic E-state index is 0.677. The van der Waals surface area contributed by atoms with Crippen molar-refractivity contribution in [2.75, 3.05) is 0 Å². The lowest BCUT2D eigenvalue weighted by molar-refractivity contribution is 0.299. The van der Waals surface area contributed by atoms with E-state index in [1.807, 2.05) is 0 Å². The maximum Gasteiger partial charge on any atom is 0.0434 e. The molecule has 1 heterocycles. The predicted octanol–water partition coefficient (Wildman–Crippen LogP) is 9.12. The van der Waals surface area contributed by atoms with Crippen LogP contribution in [0.25, 0.3) is 11.1 Å². The van der Waals surface area contributed by atoms with Crippen LogP contribution in [-0.4, -0.2) is 4.98 Å². The van der Waals surface area contributed by atoms with Gasteiger partial charge in [-0.3, -0.25) is 4.98 Å². The van der Waals surface area contributed by atoms with E-state index in [0.717, 1.165) is 5.92 Å². The highest BCUT2D eigenvalue weighted by molar-refractivity contribution is 5.62. The summed E-state index contributed by atoms with van der Waals surface area (Å²) in [7, 11) is 0. The van der Waals surface area contributed by atoms with Gasteiger partial charge in [0.1, 0.15) is 0 Å². The fourth-order valence-corrected chi connectivity index (χ4v) is 5.04. The quantitative estimate of drug-likeness (QED) is 0.321. The zero-order chi connectivity index (χ0) is 21.0. The molecule has 0 saturated heterocycles. The largest absolute Gasteiger partial charge is 0.260 e. The lowest BCUT2D eigenvalue weighted by Gasteiger charge is -2.28. The molecule has 1 aliphatic rings. The van der Waals surface area contributed by atoms with Gasteiger partial charge in [0, 0.05) is 23.4 Å². The zero-order valence-electron chi connectivity index (χ0n) is 19.5. The Balaban J connectivity index is 1.46. The van der Waals surface area contributed by atoms with E-state index in [-0.39, 0.29) is 0 Å². The Morgan fingerprint density at radius 2 is 1.37 bits per heavy atom. The van der Waals surface area contributed by atoms with Gasteiger partial charge in [-0.2, -0.15) is 0 Å². The topological polar surface area (TPSA) is 12.9 Å². The number of rotatable bonds is 12. The van der Waals surface area contributed by atoms with Crippen molar-refractivity contribution >= 4 is 0 Å². The second kappa shape index (κ2) is 12.9. The Morgan fingerprint density at radius 1 is 0.700 bits per heavy atom. The summed E-state index contributed by atoms with van der Waals surface area (Å²) in [5.74, 6) is 1.65. The molecule has 0 amide bonds. The van der Waals surface area contributed by atoms with E-state index in [2.05, 4.69) is 56.4 Å². The molecule has 1 aromatic carbocycles. The molecule has 0 N–H and O–H groups in total. The standard InChI is InChI=1S/C29H43N/c1-3-5-7-9-11-24-13-17-26(18-14-24)28-21-22-29(30-23-28)27-19-15-25(16-20-27)12-10-8-6-4-2/h13-14,17-18,21-23,25,27H,3-12,15-16,19-20H2,1-2H3. The van der Waals surface area contributed by atoms with Gasteiger partial charge in [0.15, 0.2) is 0 Å². The molecule has 0 unspecified atom stereocenters.